The summed E-state index contributed by atoms with van der Waals surface area (Å²) >= 11 is 0. The zero-order chi connectivity index (χ0) is 13.9. The van der Waals surface area contributed by atoms with E-state index in [0.29, 0.717) is 6.54 Å². The van der Waals surface area contributed by atoms with Crippen LogP contribution in [0.3, 0.4) is 0 Å². The number of aryl methyl sites for hydroxylation is 1. The second-order valence-corrected chi connectivity index (χ2v) is 5.43. The fourth-order valence-electron chi connectivity index (χ4n) is 2.30. The van der Waals surface area contributed by atoms with Gasteiger partial charge >= 0.3 is 0 Å². The molecule has 0 fully saturated rings. The van der Waals surface area contributed by atoms with Gasteiger partial charge in [0, 0.05) is 12.0 Å². The molecule has 2 heteroatoms. The Hall–Kier alpha value is -1.67. The van der Waals surface area contributed by atoms with Crippen molar-refractivity contribution in [2.45, 2.75) is 25.7 Å². The van der Waals surface area contributed by atoms with Gasteiger partial charge in [0.2, 0.25) is 0 Å². The van der Waals surface area contributed by atoms with Gasteiger partial charge in [-0.15, -0.1) is 0 Å². The van der Waals surface area contributed by atoms with E-state index in [0.717, 1.165) is 12.0 Å². The lowest BCUT2D eigenvalue weighted by Gasteiger charge is -2.29. The highest BCUT2D eigenvalue weighted by Gasteiger charge is 2.25. The summed E-state index contributed by atoms with van der Waals surface area (Å²) in [6.07, 6.45) is 0.812. The zero-order valence-corrected chi connectivity index (χ0v) is 11.5. The lowest BCUT2D eigenvalue weighted by molar-refractivity contribution is 0.480. The maximum absolute atomic E-state index is 12.9. The lowest BCUT2D eigenvalue weighted by atomic mass is 9.77. The van der Waals surface area contributed by atoms with Gasteiger partial charge < -0.3 is 5.73 Å². The molecule has 0 radical (unpaired) electrons. The third-order valence-corrected chi connectivity index (χ3v) is 3.71. The molecule has 0 heterocycles. The van der Waals surface area contributed by atoms with Gasteiger partial charge in [0.05, 0.1) is 0 Å². The van der Waals surface area contributed by atoms with Crippen molar-refractivity contribution in [1.82, 2.24) is 0 Å². The van der Waals surface area contributed by atoms with Crippen molar-refractivity contribution in [2.24, 2.45) is 5.73 Å². The maximum Gasteiger partial charge on any atom is 0.123 e. The summed E-state index contributed by atoms with van der Waals surface area (Å²) in [7, 11) is 0. The Bertz CT molecular complexity index is 530. The van der Waals surface area contributed by atoms with Crippen LogP contribution in [0.25, 0.3) is 0 Å². The average Bonchev–Trinajstić information content (AvgIpc) is 2.42. The summed E-state index contributed by atoms with van der Waals surface area (Å²) in [5.74, 6) is -0.200. The van der Waals surface area contributed by atoms with Crippen LogP contribution in [0.4, 0.5) is 4.39 Å². The molecule has 1 nitrogen and oxygen atoms in total. The molecule has 0 spiro atoms. The molecule has 19 heavy (non-hydrogen) atoms. The largest absolute Gasteiger partial charge is 0.330 e. The minimum atomic E-state index is -0.200. The Balaban J connectivity index is 2.27. The van der Waals surface area contributed by atoms with Crippen LogP contribution in [0.15, 0.2) is 48.5 Å². The van der Waals surface area contributed by atoms with Crippen LogP contribution in [-0.2, 0) is 11.8 Å². The minimum absolute atomic E-state index is 0.120. The van der Waals surface area contributed by atoms with Crippen LogP contribution in [0.1, 0.15) is 23.6 Å². The summed E-state index contributed by atoms with van der Waals surface area (Å²) in [6, 6.07) is 15.1. The Morgan fingerprint density at radius 1 is 1.00 bits per heavy atom. The first kappa shape index (κ1) is 13.8. The average molecular weight is 257 g/mol. The molecule has 1 atom stereocenters. The van der Waals surface area contributed by atoms with E-state index >= 15 is 0 Å². The molecular weight excluding hydrogens is 237 g/mol. The van der Waals surface area contributed by atoms with Gasteiger partial charge in [0.1, 0.15) is 5.82 Å². The second kappa shape index (κ2) is 5.54. The lowest BCUT2D eigenvalue weighted by Crippen LogP contribution is -2.34. The van der Waals surface area contributed by atoms with Crippen molar-refractivity contribution >= 4 is 0 Å². The fraction of sp³-hybridized carbons (Fsp3) is 0.294. The number of halogens is 1. The van der Waals surface area contributed by atoms with Crippen molar-refractivity contribution in [2.75, 3.05) is 6.54 Å². The number of rotatable bonds is 4. The molecule has 0 aliphatic heterocycles. The van der Waals surface area contributed by atoms with E-state index in [1.807, 2.05) is 12.1 Å². The molecular formula is C17H20FN. The molecule has 0 aromatic heterocycles. The van der Waals surface area contributed by atoms with Gasteiger partial charge in [-0.3, -0.25) is 0 Å². The third-order valence-electron chi connectivity index (χ3n) is 3.71. The summed E-state index contributed by atoms with van der Waals surface area (Å²) in [5, 5.41) is 0. The number of hydrogen-bond donors (Lipinski definition) is 1. The van der Waals surface area contributed by atoms with Gasteiger partial charge in [-0.05, 0) is 36.6 Å². The molecule has 0 amide bonds. The third kappa shape index (κ3) is 3.21. The first-order valence-corrected chi connectivity index (χ1v) is 6.55. The number of nitrogens with two attached hydrogens (primary N) is 1. The predicted octanol–water partition coefficient (Wildman–Crippen LogP) is 3.59. The topological polar surface area (TPSA) is 26.0 Å². The van der Waals surface area contributed by atoms with Crippen molar-refractivity contribution in [3.8, 4) is 0 Å². The highest BCUT2D eigenvalue weighted by atomic mass is 19.1. The molecule has 0 saturated heterocycles. The summed E-state index contributed by atoms with van der Waals surface area (Å²) in [6.45, 7) is 4.79. The number of benzene rings is 2. The Kier molecular flexibility index (Phi) is 4.01. The van der Waals surface area contributed by atoms with Crippen LogP contribution in [0, 0.1) is 12.7 Å². The van der Waals surface area contributed by atoms with E-state index < -0.39 is 0 Å². The van der Waals surface area contributed by atoms with Gasteiger partial charge in [-0.1, -0.05) is 48.9 Å². The summed E-state index contributed by atoms with van der Waals surface area (Å²) in [4.78, 5) is 0. The van der Waals surface area contributed by atoms with Gasteiger partial charge in [0.15, 0.2) is 0 Å². The Morgan fingerprint density at radius 3 is 2.11 bits per heavy atom. The van der Waals surface area contributed by atoms with E-state index in [4.69, 9.17) is 5.73 Å². The SMILES string of the molecule is Cc1ccc(C(C)(CN)Cc2ccc(F)cc2)cc1. The highest BCUT2D eigenvalue weighted by Crippen LogP contribution is 2.27. The van der Waals surface area contributed by atoms with Crippen LogP contribution >= 0.6 is 0 Å². The van der Waals surface area contributed by atoms with Gasteiger partial charge in [0.25, 0.3) is 0 Å². The first-order chi connectivity index (χ1) is 9.03. The minimum Gasteiger partial charge on any atom is -0.330 e. The van der Waals surface area contributed by atoms with Crippen molar-refractivity contribution < 1.29 is 4.39 Å². The van der Waals surface area contributed by atoms with Crippen molar-refractivity contribution in [1.29, 1.82) is 0 Å². The van der Waals surface area contributed by atoms with E-state index in [1.165, 1.54) is 23.3 Å². The second-order valence-electron chi connectivity index (χ2n) is 5.43. The number of hydrogen-bond acceptors (Lipinski definition) is 1. The molecule has 2 N–H and O–H groups in total. The Morgan fingerprint density at radius 2 is 1.58 bits per heavy atom. The molecule has 1 unspecified atom stereocenters. The molecule has 0 saturated carbocycles. The zero-order valence-electron chi connectivity index (χ0n) is 11.5. The monoisotopic (exact) mass is 257 g/mol. The van der Waals surface area contributed by atoms with Crippen LogP contribution in [-0.4, -0.2) is 6.54 Å². The van der Waals surface area contributed by atoms with Crippen molar-refractivity contribution in [3.63, 3.8) is 0 Å². The maximum atomic E-state index is 12.9. The van der Waals surface area contributed by atoms with E-state index in [1.54, 1.807) is 0 Å². The van der Waals surface area contributed by atoms with Crippen LogP contribution in [0.5, 0.6) is 0 Å². The molecule has 0 aliphatic carbocycles. The fourth-order valence-corrected chi connectivity index (χ4v) is 2.30. The quantitative estimate of drug-likeness (QED) is 0.890. The van der Waals surface area contributed by atoms with E-state index in [9.17, 15) is 4.39 Å². The summed E-state index contributed by atoms with van der Waals surface area (Å²) < 4.78 is 12.9. The molecule has 2 rings (SSSR count). The highest BCUT2D eigenvalue weighted by molar-refractivity contribution is 5.31. The van der Waals surface area contributed by atoms with Crippen LogP contribution < -0.4 is 5.73 Å². The van der Waals surface area contributed by atoms with Gasteiger partial charge in [-0.2, -0.15) is 0 Å². The predicted molar refractivity (Wildman–Crippen MR) is 77.7 cm³/mol. The molecule has 100 valence electrons. The standard InChI is InChI=1S/C17H20FN/c1-13-3-7-15(8-4-13)17(2,12-19)11-14-5-9-16(18)10-6-14/h3-10H,11-12,19H2,1-2H3. The normalized spacial score (nSPS) is 14.1. The Labute approximate surface area is 114 Å². The van der Waals surface area contributed by atoms with Crippen LogP contribution in [0.2, 0.25) is 0 Å². The smallest absolute Gasteiger partial charge is 0.123 e. The molecule has 2 aromatic rings. The molecule has 0 bridgehead atoms. The van der Waals surface area contributed by atoms with E-state index in [-0.39, 0.29) is 11.2 Å². The van der Waals surface area contributed by atoms with Crippen molar-refractivity contribution in [3.05, 3.63) is 71.0 Å². The van der Waals surface area contributed by atoms with Gasteiger partial charge in [-0.25, -0.2) is 4.39 Å². The molecule has 0 aliphatic rings. The first-order valence-electron chi connectivity index (χ1n) is 6.55. The van der Waals surface area contributed by atoms with E-state index in [2.05, 4.69) is 38.1 Å². The molecule has 2 aromatic carbocycles. The summed E-state index contributed by atoms with van der Waals surface area (Å²) in [5.41, 5.74) is 9.44.